The highest BCUT2D eigenvalue weighted by molar-refractivity contribution is 6.05. The third kappa shape index (κ3) is 3.25. The van der Waals surface area contributed by atoms with Crippen LogP contribution in [0.1, 0.15) is 16.1 Å². The molecule has 6 nitrogen and oxygen atoms in total. The Balaban J connectivity index is 2.32. The molecule has 9 heteroatoms. The number of halogens is 3. The predicted octanol–water partition coefficient (Wildman–Crippen LogP) is 2.46. The van der Waals surface area contributed by atoms with E-state index in [-0.39, 0.29) is 11.6 Å². The largest absolute Gasteiger partial charge is 0.506 e. The van der Waals surface area contributed by atoms with E-state index < -0.39 is 29.1 Å². The number of methoxy groups -OCH3 is 1. The van der Waals surface area contributed by atoms with E-state index in [0.717, 1.165) is 6.07 Å². The number of carbonyl (C=O) groups excluding carboxylic acids is 1. The molecule has 2 aromatic rings. The van der Waals surface area contributed by atoms with Gasteiger partial charge in [0.05, 0.1) is 18.4 Å². The van der Waals surface area contributed by atoms with Crippen molar-refractivity contribution >= 4 is 11.6 Å². The van der Waals surface area contributed by atoms with Crippen LogP contribution in [0.25, 0.3) is 0 Å². The smallest absolute Gasteiger partial charge is 0.416 e. The molecule has 0 aliphatic heterocycles. The van der Waals surface area contributed by atoms with Crippen molar-refractivity contribution in [3.63, 3.8) is 0 Å². The maximum atomic E-state index is 12.6. The monoisotopic (exact) mass is 313 g/mol. The van der Waals surface area contributed by atoms with Gasteiger partial charge in [0.15, 0.2) is 5.69 Å². The first-order chi connectivity index (χ1) is 10.3. The molecule has 116 valence electrons. The first-order valence-corrected chi connectivity index (χ1v) is 5.89. The van der Waals surface area contributed by atoms with E-state index in [1.807, 2.05) is 0 Å². The zero-order chi connectivity index (χ0) is 16.3. The van der Waals surface area contributed by atoms with Gasteiger partial charge < -0.3 is 15.2 Å². The van der Waals surface area contributed by atoms with E-state index in [2.05, 4.69) is 15.3 Å². The topological polar surface area (TPSA) is 84.3 Å². The van der Waals surface area contributed by atoms with Crippen molar-refractivity contribution in [2.45, 2.75) is 6.18 Å². The van der Waals surface area contributed by atoms with Crippen molar-refractivity contribution in [1.29, 1.82) is 0 Å². The Bertz CT molecular complexity index is 704. The normalized spacial score (nSPS) is 11.1. The molecule has 1 aromatic heterocycles. The number of hydrogen-bond donors (Lipinski definition) is 2. The highest BCUT2D eigenvalue weighted by Gasteiger charge is 2.31. The molecule has 0 saturated carbocycles. The zero-order valence-corrected chi connectivity index (χ0v) is 11.2. The second-order valence-corrected chi connectivity index (χ2v) is 4.10. The maximum absolute atomic E-state index is 12.6. The SMILES string of the molecule is COc1nccnc1C(=O)Nc1cc(C(F)(F)F)ccc1O. The van der Waals surface area contributed by atoms with Gasteiger partial charge >= 0.3 is 6.18 Å². The molecule has 0 spiro atoms. The quantitative estimate of drug-likeness (QED) is 0.850. The lowest BCUT2D eigenvalue weighted by Gasteiger charge is -2.12. The Morgan fingerprint density at radius 1 is 1.27 bits per heavy atom. The Morgan fingerprint density at radius 2 is 1.95 bits per heavy atom. The molecule has 0 fully saturated rings. The fourth-order valence-corrected chi connectivity index (χ4v) is 1.62. The molecule has 1 heterocycles. The summed E-state index contributed by atoms with van der Waals surface area (Å²) in [7, 11) is 1.27. The molecule has 0 saturated heterocycles. The fourth-order valence-electron chi connectivity index (χ4n) is 1.62. The molecule has 0 atom stereocenters. The first kappa shape index (κ1) is 15.5. The van der Waals surface area contributed by atoms with Gasteiger partial charge in [-0.2, -0.15) is 13.2 Å². The summed E-state index contributed by atoms with van der Waals surface area (Å²) in [6.45, 7) is 0. The minimum Gasteiger partial charge on any atom is -0.506 e. The number of alkyl halides is 3. The number of hydrogen-bond acceptors (Lipinski definition) is 5. The van der Waals surface area contributed by atoms with Gasteiger partial charge in [-0.15, -0.1) is 0 Å². The van der Waals surface area contributed by atoms with E-state index >= 15 is 0 Å². The minimum atomic E-state index is -4.60. The lowest BCUT2D eigenvalue weighted by Crippen LogP contribution is -2.16. The van der Waals surface area contributed by atoms with Crippen LogP contribution in [0.2, 0.25) is 0 Å². The summed E-state index contributed by atoms with van der Waals surface area (Å²) in [4.78, 5) is 19.5. The first-order valence-electron chi connectivity index (χ1n) is 5.89. The molecule has 22 heavy (non-hydrogen) atoms. The van der Waals surface area contributed by atoms with Crippen LogP contribution >= 0.6 is 0 Å². The Labute approximate surface area is 122 Å². The summed E-state index contributed by atoms with van der Waals surface area (Å²) in [5.74, 6) is -1.46. The number of anilines is 1. The molecular formula is C13H10F3N3O3. The van der Waals surface area contributed by atoms with E-state index in [4.69, 9.17) is 4.74 Å². The lowest BCUT2D eigenvalue weighted by atomic mass is 10.1. The van der Waals surface area contributed by atoms with Gasteiger partial charge in [-0.05, 0) is 18.2 Å². The van der Waals surface area contributed by atoms with E-state index in [1.54, 1.807) is 0 Å². The number of nitrogens with one attached hydrogen (secondary N) is 1. The zero-order valence-electron chi connectivity index (χ0n) is 11.2. The number of phenols is 1. The highest BCUT2D eigenvalue weighted by atomic mass is 19.4. The van der Waals surface area contributed by atoms with Crippen LogP contribution in [0.5, 0.6) is 11.6 Å². The van der Waals surface area contributed by atoms with E-state index in [9.17, 15) is 23.1 Å². The number of aromatic hydroxyl groups is 1. The molecule has 2 rings (SSSR count). The average Bonchev–Trinajstić information content (AvgIpc) is 2.48. The van der Waals surface area contributed by atoms with Crippen LogP contribution < -0.4 is 10.1 Å². The third-order valence-electron chi connectivity index (χ3n) is 2.65. The number of nitrogens with zero attached hydrogens (tertiary/aromatic N) is 2. The molecular weight excluding hydrogens is 303 g/mol. The van der Waals surface area contributed by atoms with Crippen molar-refractivity contribution < 1.29 is 27.8 Å². The summed E-state index contributed by atoms with van der Waals surface area (Å²) in [6.07, 6.45) is -2.09. The number of carbonyl (C=O) groups is 1. The van der Waals surface area contributed by atoms with E-state index in [1.165, 1.54) is 19.5 Å². The number of ether oxygens (including phenoxy) is 1. The second kappa shape index (κ2) is 5.88. The lowest BCUT2D eigenvalue weighted by molar-refractivity contribution is -0.137. The van der Waals surface area contributed by atoms with Crippen LogP contribution in [-0.2, 0) is 6.18 Å². The predicted molar refractivity (Wildman–Crippen MR) is 69.6 cm³/mol. The molecule has 0 unspecified atom stereocenters. The van der Waals surface area contributed by atoms with E-state index in [0.29, 0.717) is 12.1 Å². The summed E-state index contributed by atoms with van der Waals surface area (Å²) < 4.78 is 42.8. The van der Waals surface area contributed by atoms with Crippen LogP contribution in [0.4, 0.5) is 18.9 Å². The summed E-state index contributed by atoms with van der Waals surface area (Å²) in [5.41, 5.74) is -1.62. The number of benzene rings is 1. The van der Waals surface area contributed by atoms with Crippen molar-refractivity contribution in [3.8, 4) is 11.6 Å². The van der Waals surface area contributed by atoms with Crippen LogP contribution in [0, 0.1) is 0 Å². The average molecular weight is 313 g/mol. The van der Waals surface area contributed by atoms with Crippen molar-refractivity contribution in [1.82, 2.24) is 9.97 Å². The van der Waals surface area contributed by atoms with Crippen molar-refractivity contribution in [3.05, 3.63) is 41.9 Å². The number of aromatic nitrogens is 2. The van der Waals surface area contributed by atoms with Crippen LogP contribution in [-0.4, -0.2) is 28.1 Å². The van der Waals surface area contributed by atoms with Crippen molar-refractivity contribution in [2.24, 2.45) is 0 Å². The van der Waals surface area contributed by atoms with Gasteiger partial charge in [-0.1, -0.05) is 0 Å². The van der Waals surface area contributed by atoms with Gasteiger partial charge in [-0.25, -0.2) is 9.97 Å². The third-order valence-corrected chi connectivity index (χ3v) is 2.65. The van der Waals surface area contributed by atoms with Gasteiger partial charge in [-0.3, -0.25) is 4.79 Å². The standard InChI is InChI=1S/C13H10F3N3O3/c1-22-12-10(17-4-5-18-12)11(21)19-8-6-7(13(14,15)16)2-3-9(8)20/h2-6,20H,1H3,(H,19,21). The Kier molecular flexibility index (Phi) is 4.15. The number of rotatable bonds is 3. The molecule has 0 radical (unpaired) electrons. The molecule has 0 aliphatic rings. The number of amides is 1. The molecule has 1 aromatic carbocycles. The molecule has 2 N–H and O–H groups in total. The summed E-state index contributed by atoms with van der Waals surface area (Å²) in [5, 5.41) is 11.7. The number of phenolic OH excluding ortho intramolecular Hbond substituents is 1. The fraction of sp³-hybridized carbons (Fsp3) is 0.154. The highest BCUT2D eigenvalue weighted by Crippen LogP contribution is 2.34. The van der Waals surface area contributed by atoms with Gasteiger partial charge in [0.25, 0.3) is 5.91 Å². The Morgan fingerprint density at radius 3 is 2.59 bits per heavy atom. The maximum Gasteiger partial charge on any atom is 0.416 e. The summed E-state index contributed by atoms with van der Waals surface area (Å²) >= 11 is 0. The molecule has 0 aliphatic carbocycles. The van der Waals surface area contributed by atoms with Gasteiger partial charge in [0, 0.05) is 12.4 Å². The molecule has 1 amide bonds. The van der Waals surface area contributed by atoms with Crippen molar-refractivity contribution in [2.75, 3.05) is 12.4 Å². The van der Waals surface area contributed by atoms with Crippen LogP contribution in [0.3, 0.4) is 0 Å². The van der Waals surface area contributed by atoms with Crippen LogP contribution in [0.15, 0.2) is 30.6 Å². The second-order valence-electron chi connectivity index (χ2n) is 4.10. The summed E-state index contributed by atoms with van der Waals surface area (Å²) in [6, 6.07) is 2.16. The Hall–Kier alpha value is -2.84. The minimum absolute atomic E-state index is 0.0912. The molecule has 0 bridgehead atoms. The van der Waals surface area contributed by atoms with Gasteiger partial charge in [0.1, 0.15) is 5.75 Å². The van der Waals surface area contributed by atoms with Gasteiger partial charge in [0.2, 0.25) is 5.88 Å².